The number of ether oxygens (including phenoxy) is 3. The number of amidine groups is 1. The molecule has 1 unspecified atom stereocenters. The molecular formula is C42H37N5O7. The molecule has 6 rings (SSSR count). The van der Waals surface area contributed by atoms with Crippen molar-refractivity contribution in [1.82, 2.24) is 14.9 Å². The van der Waals surface area contributed by atoms with Crippen molar-refractivity contribution in [3.8, 4) is 11.4 Å². The highest BCUT2D eigenvalue weighted by molar-refractivity contribution is 6.03. The van der Waals surface area contributed by atoms with E-state index >= 15 is 0 Å². The number of nitrogens with zero attached hydrogens (tertiary/aromatic N) is 3. The minimum Gasteiger partial charge on any atom is -0.461 e. The van der Waals surface area contributed by atoms with Gasteiger partial charge in [0.05, 0.1) is 17.5 Å². The Kier molecular flexibility index (Phi) is 11.8. The maximum absolute atomic E-state index is 13.5. The fourth-order valence-corrected chi connectivity index (χ4v) is 5.53. The van der Waals surface area contributed by atoms with E-state index in [4.69, 9.17) is 24.9 Å². The van der Waals surface area contributed by atoms with E-state index in [2.05, 4.69) is 10.3 Å². The van der Waals surface area contributed by atoms with Crippen molar-refractivity contribution < 1.29 is 33.4 Å². The number of aliphatic imine (C=N–C) groups is 1. The van der Waals surface area contributed by atoms with Gasteiger partial charge in [-0.2, -0.15) is 4.99 Å². The molecule has 0 saturated carbocycles. The van der Waals surface area contributed by atoms with Gasteiger partial charge in [0.2, 0.25) is 0 Å². The van der Waals surface area contributed by atoms with Gasteiger partial charge in [-0.05, 0) is 34.9 Å². The van der Waals surface area contributed by atoms with Gasteiger partial charge in [-0.3, -0.25) is 9.59 Å². The van der Waals surface area contributed by atoms with Gasteiger partial charge in [0, 0.05) is 23.7 Å². The predicted molar refractivity (Wildman–Crippen MR) is 202 cm³/mol. The molecule has 0 fully saturated rings. The van der Waals surface area contributed by atoms with E-state index in [-0.39, 0.29) is 31.2 Å². The average molecular weight is 724 g/mol. The predicted octanol–water partition coefficient (Wildman–Crippen LogP) is 6.26. The van der Waals surface area contributed by atoms with E-state index in [0.29, 0.717) is 16.9 Å². The average Bonchev–Trinajstić information content (AvgIpc) is 3.54. The number of benzene rings is 5. The van der Waals surface area contributed by atoms with Crippen LogP contribution in [-0.2, 0) is 50.7 Å². The Balaban J connectivity index is 1.13. The lowest BCUT2D eigenvalue weighted by atomic mass is 10.1. The zero-order valence-electron chi connectivity index (χ0n) is 29.4. The molecule has 12 heteroatoms. The van der Waals surface area contributed by atoms with Crippen LogP contribution in [0.25, 0.3) is 22.4 Å². The number of aromatic nitrogens is 2. The lowest BCUT2D eigenvalue weighted by molar-refractivity contribution is -0.153. The number of amides is 2. The summed E-state index contributed by atoms with van der Waals surface area (Å²) in [6.07, 6.45) is -1.23. The fourth-order valence-electron chi connectivity index (χ4n) is 5.53. The number of nitrogens with one attached hydrogen (secondary N) is 1. The Hall–Kier alpha value is -7.08. The first kappa shape index (κ1) is 36.7. The lowest BCUT2D eigenvalue weighted by Gasteiger charge is -2.17. The van der Waals surface area contributed by atoms with Crippen molar-refractivity contribution >= 4 is 40.8 Å². The van der Waals surface area contributed by atoms with Crippen LogP contribution in [0.4, 0.5) is 4.79 Å². The standard InChI is InChI=1S/C42H37N5O7/c1-47-36-22-21-33(23-34(36)44-39(47)32-19-17-31(18-20-32)38(43)46-42(51)54-27-30-15-9-4-10-16-30)40(49)45-35(41(50)53-26-29-13-7-3-8-14-29)24-37(48)52-25-28-11-5-2-6-12-28/h2-23,35H,24-27H2,1H3,(H,45,49)(H2,43,46,51). The number of fused-ring (bicyclic) bond motifs is 1. The summed E-state index contributed by atoms with van der Waals surface area (Å²) in [5.41, 5.74) is 11.2. The van der Waals surface area contributed by atoms with Crippen molar-refractivity contribution in [1.29, 1.82) is 0 Å². The SMILES string of the molecule is Cn1c(-c2ccc(C(N)=NC(=O)OCc3ccccc3)cc2)nc2cc(C(=O)NC(CC(=O)OCc3ccccc3)C(=O)OCc3ccccc3)ccc21. The zero-order valence-corrected chi connectivity index (χ0v) is 29.4. The normalized spacial score (nSPS) is 11.8. The summed E-state index contributed by atoms with van der Waals surface area (Å²) in [6, 6.07) is 38.2. The van der Waals surface area contributed by atoms with E-state index in [1.165, 1.54) is 0 Å². The van der Waals surface area contributed by atoms with Crippen LogP contribution in [0.3, 0.4) is 0 Å². The maximum Gasteiger partial charge on any atom is 0.435 e. The molecule has 1 heterocycles. The van der Waals surface area contributed by atoms with Crippen LogP contribution in [0.1, 0.15) is 39.0 Å². The van der Waals surface area contributed by atoms with Gasteiger partial charge in [-0.25, -0.2) is 14.6 Å². The second-order valence-electron chi connectivity index (χ2n) is 12.3. The fraction of sp³-hybridized carbons (Fsp3) is 0.143. The van der Waals surface area contributed by atoms with E-state index in [9.17, 15) is 19.2 Å². The molecule has 0 spiro atoms. The van der Waals surface area contributed by atoms with Crippen LogP contribution in [0, 0.1) is 0 Å². The number of hydrogen-bond acceptors (Lipinski definition) is 8. The molecule has 5 aromatic carbocycles. The molecule has 1 atom stereocenters. The molecule has 272 valence electrons. The molecule has 54 heavy (non-hydrogen) atoms. The monoisotopic (exact) mass is 723 g/mol. The quantitative estimate of drug-likeness (QED) is 0.0606. The second-order valence-corrected chi connectivity index (χ2v) is 12.3. The largest absolute Gasteiger partial charge is 0.461 e. The Morgan fingerprint density at radius 3 is 1.83 bits per heavy atom. The number of esters is 2. The number of aryl methyl sites for hydroxylation is 1. The van der Waals surface area contributed by atoms with Gasteiger partial charge in [-0.15, -0.1) is 0 Å². The van der Waals surface area contributed by atoms with E-state index in [1.54, 1.807) is 54.6 Å². The first-order chi connectivity index (χ1) is 26.2. The van der Waals surface area contributed by atoms with Gasteiger partial charge in [0.1, 0.15) is 37.5 Å². The highest BCUT2D eigenvalue weighted by Crippen LogP contribution is 2.25. The van der Waals surface area contributed by atoms with Crippen molar-refractivity contribution in [2.45, 2.75) is 32.3 Å². The van der Waals surface area contributed by atoms with Crippen LogP contribution in [-0.4, -0.2) is 45.4 Å². The molecular weight excluding hydrogens is 686 g/mol. The molecule has 1 aromatic heterocycles. The summed E-state index contributed by atoms with van der Waals surface area (Å²) >= 11 is 0. The molecule has 3 N–H and O–H groups in total. The van der Waals surface area contributed by atoms with Crippen LogP contribution in [0.5, 0.6) is 0 Å². The number of carbonyl (C=O) groups is 4. The zero-order chi connectivity index (χ0) is 37.9. The molecule has 0 bridgehead atoms. The summed E-state index contributed by atoms with van der Waals surface area (Å²) in [5, 5.41) is 2.66. The number of carbonyl (C=O) groups excluding carboxylic acids is 4. The highest BCUT2D eigenvalue weighted by Gasteiger charge is 2.27. The Labute approximate surface area is 311 Å². The number of hydrogen-bond donors (Lipinski definition) is 2. The second kappa shape index (κ2) is 17.4. The van der Waals surface area contributed by atoms with Crippen LogP contribution >= 0.6 is 0 Å². The number of nitrogens with two attached hydrogens (primary N) is 1. The molecule has 0 aliphatic heterocycles. The van der Waals surface area contributed by atoms with Gasteiger partial charge >= 0.3 is 18.0 Å². The molecule has 2 amide bonds. The summed E-state index contributed by atoms with van der Waals surface area (Å²) in [7, 11) is 1.84. The molecule has 0 aliphatic rings. The Bertz CT molecular complexity index is 2270. The molecule has 0 aliphatic carbocycles. The van der Waals surface area contributed by atoms with Crippen molar-refractivity contribution in [3.05, 3.63) is 161 Å². The van der Waals surface area contributed by atoms with Crippen molar-refractivity contribution in [2.24, 2.45) is 17.8 Å². The third kappa shape index (κ3) is 9.62. The molecule has 0 saturated heterocycles. The molecule has 12 nitrogen and oxygen atoms in total. The topological polar surface area (TPSA) is 164 Å². The van der Waals surface area contributed by atoms with Gasteiger partial charge in [-0.1, -0.05) is 115 Å². The summed E-state index contributed by atoms with van der Waals surface area (Å²) in [5.74, 6) is -1.43. The number of imidazole rings is 1. The van der Waals surface area contributed by atoms with Gasteiger partial charge < -0.3 is 29.8 Å². The third-order valence-electron chi connectivity index (χ3n) is 8.43. The van der Waals surface area contributed by atoms with Gasteiger partial charge in [0.15, 0.2) is 0 Å². The lowest BCUT2D eigenvalue weighted by Crippen LogP contribution is -2.43. The third-order valence-corrected chi connectivity index (χ3v) is 8.43. The summed E-state index contributed by atoms with van der Waals surface area (Å²) in [4.78, 5) is 60.4. The van der Waals surface area contributed by atoms with Crippen molar-refractivity contribution in [2.75, 3.05) is 0 Å². The van der Waals surface area contributed by atoms with E-state index in [1.807, 2.05) is 90.5 Å². The van der Waals surface area contributed by atoms with Crippen LogP contribution in [0.15, 0.2) is 138 Å². The maximum atomic E-state index is 13.5. The molecule has 6 aromatic rings. The highest BCUT2D eigenvalue weighted by atomic mass is 16.5. The summed E-state index contributed by atoms with van der Waals surface area (Å²) < 4.78 is 17.9. The minimum absolute atomic E-state index is 0.00646. The minimum atomic E-state index is -1.31. The summed E-state index contributed by atoms with van der Waals surface area (Å²) in [6.45, 7) is 0.0677. The van der Waals surface area contributed by atoms with Crippen LogP contribution in [0.2, 0.25) is 0 Å². The van der Waals surface area contributed by atoms with E-state index in [0.717, 1.165) is 27.8 Å². The molecule has 0 radical (unpaired) electrons. The van der Waals surface area contributed by atoms with E-state index < -0.39 is 36.4 Å². The Morgan fingerprint density at radius 1 is 0.704 bits per heavy atom. The van der Waals surface area contributed by atoms with Gasteiger partial charge in [0.25, 0.3) is 5.91 Å². The van der Waals surface area contributed by atoms with Crippen LogP contribution < -0.4 is 11.1 Å². The number of rotatable bonds is 13. The smallest absolute Gasteiger partial charge is 0.435 e. The first-order valence-electron chi connectivity index (χ1n) is 17.1. The first-order valence-corrected chi connectivity index (χ1v) is 17.1. The van der Waals surface area contributed by atoms with Crippen molar-refractivity contribution in [3.63, 3.8) is 0 Å². The Morgan fingerprint density at radius 2 is 1.24 bits per heavy atom.